The van der Waals surface area contributed by atoms with Gasteiger partial charge in [-0.1, -0.05) is 5.11 Å². The number of carbonyl (C=O) groups excluding carboxylic acids is 1. The fourth-order valence-corrected chi connectivity index (χ4v) is 1.18. The molecule has 5 nitrogen and oxygen atoms in total. The van der Waals surface area contributed by atoms with Gasteiger partial charge in [-0.05, 0) is 11.6 Å². The van der Waals surface area contributed by atoms with Crippen molar-refractivity contribution in [2.45, 2.75) is 6.17 Å². The van der Waals surface area contributed by atoms with E-state index in [1.54, 1.807) is 0 Å². The smallest absolute Gasteiger partial charge is 0.201 e. The van der Waals surface area contributed by atoms with E-state index in [9.17, 15) is 22.4 Å². The number of nitrogens with two attached hydrogens (primary N) is 1. The predicted molar refractivity (Wildman–Crippen MR) is 53.4 cm³/mol. The molecule has 0 aliphatic rings. The molecule has 1 rings (SSSR count). The molecule has 0 bridgehead atoms. The SMILES string of the molecule is [N-]=[N+]=Nc1c(F)cc(C(=O)C(F)CN)c(F)c1F. The van der Waals surface area contributed by atoms with Crippen LogP contribution in [-0.2, 0) is 0 Å². The Hall–Kier alpha value is -2.12. The molecule has 0 aliphatic heterocycles. The van der Waals surface area contributed by atoms with Crippen molar-refractivity contribution in [2.24, 2.45) is 10.8 Å². The van der Waals surface area contributed by atoms with E-state index in [1.807, 2.05) is 0 Å². The largest absolute Gasteiger partial charge is 0.327 e. The highest BCUT2D eigenvalue weighted by atomic mass is 19.2. The summed E-state index contributed by atoms with van der Waals surface area (Å²) in [7, 11) is 0. The highest BCUT2D eigenvalue weighted by Crippen LogP contribution is 2.28. The molecule has 0 radical (unpaired) electrons. The van der Waals surface area contributed by atoms with E-state index in [2.05, 4.69) is 10.0 Å². The van der Waals surface area contributed by atoms with E-state index < -0.39 is 47.2 Å². The van der Waals surface area contributed by atoms with Crippen molar-refractivity contribution in [1.29, 1.82) is 0 Å². The number of azide groups is 1. The van der Waals surface area contributed by atoms with Crippen LogP contribution in [0.4, 0.5) is 23.2 Å². The van der Waals surface area contributed by atoms with Crippen LogP contribution in [0.2, 0.25) is 0 Å². The van der Waals surface area contributed by atoms with E-state index in [0.717, 1.165) is 0 Å². The van der Waals surface area contributed by atoms with Crippen molar-refractivity contribution in [2.75, 3.05) is 6.54 Å². The van der Waals surface area contributed by atoms with Crippen molar-refractivity contribution in [3.05, 3.63) is 39.5 Å². The number of halogens is 4. The average molecular weight is 262 g/mol. The molecule has 0 heterocycles. The molecule has 18 heavy (non-hydrogen) atoms. The Balaban J connectivity index is 3.42. The molecule has 0 saturated carbocycles. The van der Waals surface area contributed by atoms with Gasteiger partial charge in [-0.25, -0.2) is 17.6 Å². The van der Waals surface area contributed by atoms with Gasteiger partial charge in [-0.3, -0.25) is 4.79 Å². The maximum absolute atomic E-state index is 13.4. The second-order valence-corrected chi connectivity index (χ2v) is 3.14. The standard InChI is InChI=1S/C9H6F4N4O/c10-4-1-3(9(18)5(11)2-14)6(12)7(13)8(4)16-17-15/h1,5H,2,14H2. The fraction of sp³-hybridized carbons (Fsp3) is 0.222. The lowest BCUT2D eigenvalue weighted by Crippen LogP contribution is -2.26. The van der Waals surface area contributed by atoms with Crippen LogP contribution in [-0.4, -0.2) is 18.5 Å². The normalized spacial score (nSPS) is 11.8. The lowest BCUT2D eigenvalue weighted by Gasteiger charge is -2.08. The zero-order chi connectivity index (χ0) is 13.9. The van der Waals surface area contributed by atoms with Crippen molar-refractivity contribution in [3.63, 3.8) is 0 Å². The molecule has 0 aliphatic carbocycles. The van der Waals surface area contributed by atoms with Gasteiger partial charge in [-0.2, -0.15) is 0 Å². The molecule has 0 amide bonds. The number of ketones is 1. The molecule has 1 aromatic rings. The summed E-state index contributed by atoms with van der Waals surface area (Å²) in [5, 5.41) is 2.59. The van der Waals surface area contributed by atoms with Gasteiger partial charge in [0.05, 0.1) is 5.56 Å². The molecule has 0 fully saturated rings. The summed E-state index contributed by atoms with van der Waals surface area (Å²) in [5.41, 5.74) is 10.5. The maximum atomic E-state index is 13.4. The highest BCUT2D eigenvalue weighted by molar-refractivity contribution is 6.00. The molecule has 1 unspecified atom stereocenters. The zero-order valence-electron chi connectivity index (χ0n) is 8.70. The number of hydrogen-bond acceptors (Lipinski definition) is 3. The molecule has 0 saturated heterocycles. The summed E-state index contributed by atoms with van der Waals surface area (Å²) in [4.78, 5) is 13.3. The van der Waals surface area contributed by atoms with Gasteiger partial charge >= 0.3 is 0 Å². The maximum Gasteiger partial charge on any atom is 0.201 e. The summed E-state index contributed by atoms with van der Waals surface area (Å²) >= 11 is 0. The van der Waals surface area contributed by atoms with Crippen molar-refractivity contribution in [1.82, 2.24) is 0 Å². The van der Waals surface area contributed by atoms with E-state index in [4.69, 9.17) is 11.3 Å². The van der Waals surface area contributed by atoms with Crippen LogP contribution in [0.5, 0.6) is 0 Å². The van der Waals surface area contributed by atoms with Crippen molar-refractivity contribution >= 4 is 11.5 Å². The minimum Gasteiger partial charge on any atom is -0.327 e. The third kappa shape index (κ3) is 2.41. The molecular weight excluding hydrogens is 256 g/mol. The average Bonchev–Trinajstić information content (AvgIpc) is 2.37. The lowest BCUT2D eigenvalue weighted by molar-refractivity contribution is 0.0879. The van der Waals surface area contributed by atoms with Gasteiger partial charge in [0, 0.05) is 11.5 Å². The van der Waals surface area contributed by atoms with E-state index >= 15 is 0 Å². The van der Waals surface area contributed by atoms with Crippen LogP contribution in [0.15, 0.2) is 11.2 Å². The summed E-state index contributed by atoms with van der Waals surface area (Å²) in [6.07, 6.45) is -2.27. The Morgan fingerprint density at radius 1 is 1.44 bits per heavy atom. The van der Waals surface area contributed by atoms with Crippen LogP contribution in [0, 0.1) is 17.5 Å². The summed E-state index contributed by atoms with van der Waals surface area (Å²) in [6.45, 7) is -0.750. The molecule has 0 aromatic heterocycles. The van der Waals surface area contributed by atoms with E-state index in [-0.39, 0.29) is 6.07 Å². The third-order valence-electron chi connectivity index (χ3n) is 2.04. The Kier molecular flexibility index (Phi) is 4.24. The van der Waals surface area contributed by atoms with Gasteiger partial charge in [0.1, 0.15) is 11.5 Å². The Morgan fingerprint density at radius 2 is 2.06 bits per heavy atom. The van der Waals surface area contributed by atoms with Crippen LogP contribution < -0.4 is 5.73 Å². The molecule has 2 N–H and O–H groups in total. The van der Waals surface area contributed by atoms with Crippen molar-refractivity contribution in [3.8, 4) is 0 Å². The first-order valence-corrected chi connectivity index (χ1v) is 4.55. The number of hydrogen-bond donors (Lipinski definition) is 1. The molecule has 96 valence electrons. The molecule has 9 heteroatoms. The second kappa shape index (κ2) is 5.48. The lowest BCUT2D eigenvalue weighted by atomic mass is 10.1. The van der Waals surface area contributed by atoms with Gasteiger partial charge in [0.2, 0.25) is 5.78 Å². The Bertz CT molecular complexity index is 542. The van der Waals surface area contributed by atoms with Crippen LogP contribution in [0.1, 0.15) is 10.4 Å². The first kappa shape index (κ1) is 13.9. The highest BCUT2D eigenvalue weighted by Gasteiger charge is 2.26. The van der Waals surface area contributed by atoms with Gasteiger partial charge < -0.3 is 5.73 Å². The van der Waals surface area contributed by atoms with Crippen LogP contribution in [0.25, 0.3) is 10.4 Å². The van der Waals surface area contributed by atoms with E-state index in [1.165, 1.54) is 0 Å². The number of Topliss-reactive ketones (excluding diaryl/α,β-unsaturated/α-hetero) is 1. The van der Waals surface area contributed by atoms with E-state index in [0.29, 0.717) is 0 Å². The predicted octanol–water partition coefficient (Wildman–Crippen LogP) is 2.53. The summed E-state index contributed by atoms with van der Waals surface area (Å²) < 4.78 is 52.8. The van der Waals surface area contributed by atoms with Gasteiger partial charge in [-0.15, -0.1) is 0 Å². The molecule has 1 atom stereocenters. The van der Waals surface area contributed by atoms with Crippen LogP contribution >= 0.6 is 0 Å². The first-order valence-electron chi connectivity index (χ1n) is 4.55. The molecule has 0 spiro atoms. The number of alkyl halides is 1. The topological polar surface area (TPSA) is 91.9 Å². The summed E-state index contributed by atoms with van der Waals surface area (Å²) in [6, 6.07) is 0.257. The molecule has 1 aromatic carbocycles. The van der Waals surface area contributed by atoms with Crippen LogP contribution in [0.3, 0.4) is 0 Å². The van der Waals surface area contributed by atoms with Crippen molar-refractivity contribution < 1.29 is 22.4 Å². The Labute approximate surface area is 97.8 Å². The monoisotopic (exact) mass is 262 g/mol. The number of benzene rings is 1. The Morgan fingerprint density at radius 3 is 2.56 bits per heavy atom. The zero-order valence-corrected chi connectivity index (χ0v) is 8.70. The first-order chi connectivity index (χ1) is 8.43. The second-order valence-electron chi connectivity index (χ2n) is 3.14. The number of nitrogens with zero attached hydrogens (tertiary/aromatic N) is 3. The minimum atomic E-state index is -2.27. The quantitative estimate of drug-likeness (QED) is 0.225. The minimum absolute atomic E-state index is 0.257. The molecular formula is C9H6F4N4O. The third-order valence-corrected chi connectivity index (χ3v) is 2.04. The van der Waals surface area contributed by atoms with Gasteiger partial charge in [0.25, 0.3) is 0 Å². The summed E-state index contributed by atoms with van der Waals surface area (Å²) in [5.74, 6) is -6.61. The number of rotatable bonds is 4. The number of carbonyl (C=O) groups is 1. The van der Waals surface area contributed by atoms with Gasteiger partial charge in [0.15, 0.2) is 17.8 Å². The fourth-order valence-electron chi connectivity index (χ4n) is 1.18.